The average molecular weight is 323 g/mol. The quantitative estimate of drug-likeness (QED) is 0.441. The predicted octanol–water partition coefficient (Wildman–Crippen LogP) is 2.09. The lowest BCUT2D eigenvalue weighted by atomic mass is 10.2. The van der Waals surface area contributed by atoms with Gasteiger partial charge in [-0.3, -0.25) is 14.9 Å². The van der Waals surface area contributed by atoms with Crippen LogP contribution in [0, 0.1) is 10.1 Å². The Kier molecular flexibility index (Phi) is 4.28. The van der Waals surface area contributed by atoms with Crippen molar-refractivity contribution in [1.82, 2.24) is 15.0 Å². The molecule has 1 N–H and O–H groups in total. The van der Waals surface area contributed by atoms with E-state index >= 15 is 0 Å². The standard InChI is InChI=1S/C16H13N5O3/c22-16(10-20-11-17-13-6-2-4-8-15(13)20)19-18-9-12-5-1-3-7-14(12)21(23)24/h1-9,11H,10H2,(H,19,22). The van der Waals surface area contributed by atoms with Crippen LogP contribution in [0.4, 0.5) is 5.69 Å². The Morgan fingerprint density at radius 2 is 2.00 bits per heavy atom. The molecule has 0 unspecified atom stereocenters. The number of benzene rings is 2. The minimum atomic E-state index is -0.499. The SMILES string of the molecule is O=C(Cn1cnc2ccccc21)NN=Cc1ccccc1[N+](=O)[O-]. The maximum Gasteiger partial charge on any atom is 0.278 e. The number of nitro groups is 1. The summed E-state index contributed by atoms with van der Waals surface area (Å²) in [5, 5.41) is 14.7. The number of carbonyl (C=O) groups excluding carboxylic acids is 1. The number of nitrogens with zero attached hydrogens (tertiary/aromatic N) is 4. The summed E-state index contributed by atoms with van der Waals surface area (Å²) in [7, 11) is 0. The molecular weight excluding hydrogens is 310 g/mol. The summed E-state index contributed by atoms with van der Waals surface area (Å²) in [5.41, 5.74) is 4.24. The Balaban J connectivity index is 1.67. The highest BCUT2D eigenvalue weighted by molar-refractivity contribution is 5.87. The average Bonchev–Trinajstić information content (AvgIpc) is 2.98. The molecule has 8 nitrogen and oxygen atoms in total. The number of nitrogens with one attached hydrogen (secondary N) is 1. The van der Waals surface area contributed by atoms with Gasteiger partial charge < -0.3 is 4.57 Å². The van der Waals surface area contributed by atoms with Crippen molar-refractivity contribution in [2.75, 3.05) is 0 Å². The highest BCUT2D eigenvalue weighted by atomic mass is 16.6. The van der Waals surface area contributed by atoms with Gasteiger partial charge in [0.2, 0.25) is 0 Å². The van der Waals surface area contributed by atoms with Crippen LogP contribution in [0.15, 0.2) is 60.0 Å². The Morgan fingerprint density at radius 1 is 1.25 bits per heavy atom. The van der Waals surface area contributed by atoms with E-state index < -0.39 is 4.92 Å². The number of hydrogen-bond acceptors (Lipinski definition) is 5. The van der Waals surface area contributed by atoms with Gasteiger partial charge in [-0.05, 0) is 18.2 Å². The van der Waals surface area contributed by atoms with Gasteiger partial charge in [-0.2, -0.15) is 5.10 Å². The fourth-order valence-electron chi connectivity index (χ4n) is 2.26. The smallest absolute Gasteiger partial charge is 0.278 e. The predicted molar refractivity (Wildman–Crippen MR) is 88.6 cm³/mol. The van der Waals surface area contributed by atoms with E-state index in [2.05, 4.69) is 15.5 Å². The first-order chi connectivity index (χ1) is 11.6. The molecule has 0 spiro atoms. The first kappa shape index (κ1) is 15.3. The lowest BCUT2D eigenvalue weighted by molar-refractivity contribution is -0.385. The Morgan fingerprint density at radius 3 is 2.83 bits per heavy atom. The molecule has 2 aromatic carbocycles. The molecule has 0 saturated heterocycles. The van der Waals surface area contributed by atoms with Crippen molar-refractivity contribution in [1.29, 1.82) is 0 Å². The van der Waals surface area contributed by atoms with Gasteiger partial charge in [0.05, 0.1) is 34.1 Å². The van der Waals surface area contributed by atoms with Crippen LogP contribution in [-0.4, -0.2) is 26.6 Å². The van der Waals surface area contributed by atoms with Crippen molar-refractivity contribution in [3.8, 4) is 0 Å². The van der Waals surface area contributed by atoms with Gasteiger partial charge in [0.15, 0.2) is 0 Å². The van der Waals surface area contributed by atoms with Crippen LogP contribution >= 0.6 is 0 Å². The number of hydrazone groups is 1. The first-order valence-corrected chi connectivity index (χ1v) is 7.10. The fraction of sp³-hybridized carbons (Fsp3) is 0.0625. The zero-order chi connectivity index (χ0) is 16.9. The maximum atomic E-state index is 12.0. The summed E-state index contributed by atoms with van der Waals surface area (Å²) in [4.78, 5) is 26.6. The molecule has 3 aromatic rings. The number of imidazole rings is 1. The molecule has 0 aliphatic carbocycles. The van der Waals surface area contributed by atoms with E-state index in [0.717, 1.165) is 11.0 Å². The second-order valence-corrected chi connectivity index (χ2v) is 4.97. The number of para-hydroxylation sites is 3. The van der Waals surface area contributed by atoms with E-state index in [1.165, 1.54) is 12.3 Å². The molecule has 0 bridgehead atoms. The molecule has 1 aromatic heterocycles. The molecule has 1 heterocycles. The molecule has 3 rings (SSSR count). The monoisotopic (exact) mass is 323 g/mol. The summed E-state index contributed by atoms with van der Waals surface area (Å²) < 4.78 is 1.70. The van der Waals surface area contributed by atoms with Crippen LogP contribution in [-0.2, 0) is 11.3 Å². The largest absolute Gasteiger partial charge is 0.321 e. The van der Waals surface area contributed by atoms with Crippen molar-refractivity contribution < 1.29 is 9.72 Å². The van der Waals surface area contributed by atoms with E-state index in [4.69, 9.17) is 0 Å². The third-order valence-corrected chi connectivity index (χ3v) is 3.37. The van der Waals surface area contributed by atoms with Crippen molar-refractivity contribution in [2.24, 2.45) is 5.10 Å². The van der Waals surface area contributed by atoms with Crippen LogP contribution in [0.25, 0.3) is 11.0 Å². The van der Waals surface area contributed by atoms with Gasteiger partial charge in [0.1, 0.15) is 6.54 Å². The zero-order valence-corrected chi connectivity index (χ0v) is 12.5. The van der Waals surface area contributed by atoms with E-state index in [1.807, 2.05) is 24.3 Å². The van der Waals surface area contributed by atoms with Gasteiger partial charge in [-0.25, -0.2) is 10.4 Å². The van der Waals surface area contributed by atoms with Gasteiger partial charge >= 0.3 is 0 Å². The molecule has 24 heavy (non-hydrogen) atoms. The Hall–Kier alpha value is -3.55. The van der Waals surface area contributed by atoms with E-state index in [9.17, 15) is 14.9 Å². The lowest BCUT2D eigenvalue weighted by Crippen LogP contribution is -2.22. The van der Waals surface area contributed by atoms with E-state index in [-0.39, 0.29) is 18.1 Å². The molecule has 1 amide bonds. The van der Waals surface area contributed by atoms with Crippen molar-refractivity contribution in [2.45, 2.75) is 6.54 Å². The number of nitro benzene ring substituents is 1. The summed E-state index contributed by atoms with van der Waals surface area (Å²) in [6, 6.07) is 13.6. The first-order valence-electron chi connectivity index (χ1n) is 7.10. The number of hydrogen-bond donors (Lipinski definition) is 1. The molecule has 0 atom stereocenters. The minimum absolute atomic E-state index is 0.0503. The highest BCUT2D eigenvalue weighted by Gasteiger charge is 2.10. The maximum absolute atomic E-state index is 12.0. The lowest BCUT2D eigenvalue weighted by Gasteiger charge is -2.02. The van der Waals surface area contributed by atoms with Crippen LogP contribution in [0.2, 0.25) is 0 Å². The van der Waals surface area contributed by atoms with Gasteiger partial charge in [-0.1, -0.05) is 24.3 Å². The molecule has 0 radical (unpaired) electrons. The van der Waals surface area contributed by atoms with Crippen LogP contribution in [0.5, 0.6) is 0 Å². The molecular formula is C16H13N5O3. The van der Waals surface area contributed by atoms with Gasteiger partial charge in [0, 0.05) is 6.07 Å². The van der Waals surface area contributed by atoms with Crippen molar-refractivity contribution >= 4 is 28.8 Å². The third-order valence-electron chi connectivity index (χ3n) is 3.37. The number of aromatic nitrogens is 2. The number of amides is 1. The zero-order valence-electron chi connectivity index (χ0n) is 12.5. The molecule has 8 heteroatoms. The van der Waals surface area contributed by atoms with Gasteiger partial charge in [-0.15, -0.1) is 0 Å². The summed E-state index contributed by atoms with van der Waals surface area (Å²) >= 11 is 0. The number of carbonyl (C=O) groups is 1. The third kappa shape index (κ3) is 3.27. The van der Waals surface area contributed by atoms with Crippen molar-refractivity contribution in [3.63, 3.8) is 0 Å². The number of fused-ring (bicyclic) bond motifs is 1. The van der Waals surface area contributed by atoms with Crippen LogP contribution in [0.1, 0.15) is 5.56 Å². The summed E-state index contributed by atoms with van der Waals surface area (Å²) in [6.07, 6.45) is 2.83. The summed E-state index contributed by atoms with van der Waals surface area (Å²) in [5.74, 6) is -0.354. The molecule has 0 fully saturated rings. The van der Waals surface area contributed by atoms with Crippen LogP contribution < -0.4 is 5.43 Å². The second-order valence-electron chi connectivity index (χ2n) is 4.97. The fourth-order valence-corrected chi connectivity index (χ4v) is 2.26. The van der Waals surface area contributed by atoms with E-state index in [0.29, 0.717) is 5.56 Å². The molecule has 0 aliphatic rings. The molecule has 0 aliphatic heterocycles. The Labute approximate surface area is 136 Å². The number of rotatable bonds is 5. The highest BCUT2D eigenvalue weighted by Crippen LogP contribution is 2.15. The topological polar surface area (TPSA) is 102 Å². The Bertz CT molecular complexity index is 932. The van der Waals surface area contributed by atoms with E-state index in [1.54, 1.807) is 29.1 Å². The van der Waals surface area contributed by atoms with Gasteiger partial charge in [0.25, 0.3) is 11.6 Å². The minimum Gasteiger partial charge on any atom is -0.321 e. The molecule has 0 saturated carbocycles. The molecule has 120 valence electrons. The van der Waals surface area contributed by atoms with Crippen molar-refractivity contribution in [3.05, 3.63) is 70.5 Å². The van der Waals surface area contributed by atoms with Crippen LogP contribution in [0.3, 0.4) is 0 Å². The second kappa shape index (κ2) is 6.69. The normalized spacial score (nSPS) is 11.0. The summed E-state index contributed by atoms with van der Waals surface area (Å²) in [6.45, 7) is 0.0503.